The second kappa shape index (κ2) is 3.18. The molecule has 0 unspecified atom stereocenters. The number of halogens is 8. The summed E-state index contributed by atoms with van der Waals surface area (Å²) >= 11 is 23.1. The Bertz CT molecular complexity index is 128. The van der Waals surface area contributed by atoms with Gasteiger partial charge in [0.05, 0.1) is 0 Å². The molecule has 0 radical (unpaired) electrons. The Hall–Kier alpha value is 1.24. The first-order chi connectivity index (χ1) is 4.50. The molecule has 0 amide bonds. The average Bonchev–Trinajstić information content (AvgIpc) is 1.58. The molecule has 0 aliphatic carbocycles. The molecule has 0 saturated carbocycles. The van der Waals surface area contributed by atoms with Crippen molar-refractivity contribution >= 4 is 58.0 Å². The van der Waals surface area contributed by atoms with Crippen molar-refractivity contribution in [3.8, 4) is 0 Å². The van der Waals surface area contributed by atoms with Crippen molar-refractivity contribution in [2.75, 3.05) is 0 Å². The van der Waals surface area contributed by atoms with Crippen molar-refractivity contribution in [2.45, 2.75) is 14.3 Å². The summed E-state index contributed by atoms with van der Waals surface area (Å²) in [6.45, 7) is 0. The summed E-state index contributed by atoms with van der Waals surface area (Å²) in [7, 11) is 0. The maximum Gasteiger partial charge on any atom is 0.373 e. The van der Waals surface area contributed by atoms with Crippen LogP contribution in [0.2, 0.25) is 0 Å². The lowest BCUT2D eigenvalue weighted by molar-refractivity contribution is -0.0173. The van der Waals surface area contributed by atoms with Crippen molar-refractivity contribution in [3.05, 3.63) is 0 Å². The fraction of sp³-hybridized carbons (Fsp3) is 1.00. The van der Waals surface area contributed by atoms with Crippen LogP contribution in [0.15, 0.2) is 0 Å². The highest BCUT2D eigenvalue weighted by Gasteiger charge is 2.65. The topological polar surface area (TPSA) is 0 Å². The Balaban J connectivity index is 4.75. The van der Waals surface area contributed by atoms with Gasteiger partial charge in [-0.3, -0.25) is 0 Å². The smallest absolute Gasteiger partial charge is 0.213 e. The lowest BCUT2D eigenvalue weighted by atomic mass is 10.4. The van der Waals surface area contributed by atoms with E-state index in [4.69, 9.17) is 34.8 Å². The first-order valence-electron chi connectivity index (χ1n) is 2.01. The van der Waals surface area contributed by atoms with Gasteiger partial charge in [0.15, 0.2) is 0 Å². The van der Waals surface area contributed by atoms with Gasteiger partial charge < -0.3 is 0 Å². The third kappa shape index (κ3) is 2.59. The number of hydrogen-bond donors (Lipinski definition) is 0. The van der Waals surface area contributed by atoms with Crippen LogP contribution in [0.3, 0.4) is 0 Å². The van der Waals surface area contributed by atoms with Crippen LogP contribution in [0.5, 0.6) is 0 Å². The van der Waals surface area contributed by atoms with Crippen LogP contribution in [0, 0.1) is 0 Å². The summed E-state index contributed by atoms with van der Waals surface area (Å²) in [4.78, 5) is 0. The second-order valence-corrected chi connectivity index (χ2v) is 4.85. The van der Waals surface area contributed by atoms with E-state index in [0.717, 1.165) is 0 Å². The molecule has 0 spiro atoms. The maximum absolute atomic E-state index is 12.6. The summed E-state index contributed by atoms with van der Waals surface area (Å²) in [5.41, 5.74) is 0. The predicted octanol–water partition coefficient (Wildman–Crippen LogP) is 4.09. The highest BCUT2D eigenvalue weighted by molar-refractivity contribution is 6.71. The van der Waals surface area contributed by atoms with E-state index in [9.17, 15) is 13.2 Å². The zero-order valence-corrected chi connectivity index (χ0v) is 8.30. The fourth-order valence-electron chi connectivity index (χ4n) is 0.161. The third-order valence-electron chi connectivity index (χ3n) is 0.712. The Kier molecular flexibility index (Phi) is 3.54. The summed E-state index contributed by atoms with van der Waals surface area (Å²) in [5, 5.41) is -8.37. The number of alkyl halides is 8. The van der Waals surface area contributed by atoms with E-state index >= 15 is 0 Å². The molecule has 11 heavy (non-hydrogen) atoms. The van der Waals surface area contributed by atoms with Crippen molar-refractivity contribution in [1.82, 2.24) is 0 Å². The van der Waals surface area contributed by atoms with Crippen molar-refractivity contribution < 1.29 is 13.2 Å². The molecule has 68 valence electrons. The SMILES string of the molecule is FC(F)(Cl)[C@](F)(Cl)C(Cl)(Cl)Cl. The van der Waals surface area contributed by atoms with Crippen LogP contribution in [-0.2, 0) is 0 Å². The Morgan fingerprint density at radius 3 is 1.00 bits per heavy atom. The van der Waals surface area contributed by atoms with Crippen molar-refractivity contribution in [2.24, 2.45) is 0 Å². The van der Waals surface area contributed by atoms with E-state index in [1.54, 1.807) is 0 Å². The average molecular weight is 270 g/mol. The van der Waals surface area contributed by atoms with E-state index in [1.165, 1.54) is 0 Å². The van der Waals surface area contributed by atoms with Crippen molar-refractivity contribution in [1.29, 1.82) is 0 Å². The molecule has 0 fully saturated rings. The fourth-order valence-corrected chi connectivity index (χ4v) is 0.804. The first kappa shape index (κ1) is 12.2. The molecule has 8 heteroatoms. The van der Waals surface area contributed by atoms with Crippen molar-refractivity contribution in [3.63, 3.8) is 0 Å². The Morgan fingerprint density at radius 2 is 1.00 bits per heavy atom. The summed E-state index contributed by atoms with van der Waals surface area (Å²) in [6.07, 6.45) is 0. The molecule has 0 aromatic rings. The second-order valence-electron chi connectivity index (χ2n) is 1.57. The molecule has 0 aliphatic rings. The van der Waals surface area contributed by atoms with Gasteiger partial charge in [0.2, 0.25) is 3.79 Å². The van der Waals surface area contributed by atoms with Gasteiger partial charge in [-0.2, -0.15) is 8.78 Å². The standard InChI is InChI=1S/C3Cl5F3/c4-1(9,2(5,6)7)3(8,10)11/t1-/m0/s1. The predicted molar refractivity (Wildman–Crippen MR) is 40.8 cm³/mol. The van der Waals surface area contributed by atoms with Crippen LogP contribution in [0.25, 0.3) is 0 Å². The first-order valence-corrected chi connectivity index (χ1v) is 3.90. The molecule has 0 nitrogen and oxygen atoms in total. The van der Waals surface area contributed by atoms with E-state index in [0.29, 0.717) is 0 Å². The Labute approximate surface area is 85.5 Å². The molecule has 0 N–H and O–H groups in total. The molecule has 1 atom stereocenters. The molecule has 0 bridgehead atoms. The lowest BCUT2D eigenvalue weighted by Gasteiger charge is -2.28. The molecule has 0 aromatic heterocycles. The van der Waals surface area contributed by atoms with E-state index < -0.39 is 14.3 Å². The molecule has 0 aromatic carbocycles. The largest absolute Gasteiger partial charge is 0.373 e. The molecule has 0 rings (SSSR count). The van der Waals surface area contributed by atoms with Gasteiger partial charge in [0, 0.05) is 0 Å². The quantitative estimate of drug-likeness (QED) is 0.629. The molecular formula is C3Cl5F3. The molecule has 0 heterocycles. The van der Waals surface area contributed by atoms with Crippen LogP contribution in [-0.4, -0.2) is 14.3 Å². The van der Waals surface area contributed by atoms with Gasteiger partial charge >= 0.3 is 10.5 Å². The van der Waals surface area contributed by atoms with E-state index in [2.05, 4.69) is 23.2 Å². The van der Waals surface area contributed by atoms with E-state index in [-0.39, 0.29) is 0 Å². The molecular weight excluding hydrogens is 270 g/mol. The summed E-state index contributed by atoms with van der Waals surface area (Å²) < 4.78 is 33.6. The van der Waals surface area contributed by atoms with Gasteiger partial charge in [0.1, 0.15) is 0 Å². The minimum atomic E-state index is -4.44. The highest BCUT2D eigenvalue weighted by atomic mass is 35.6. The van der Waals surface area contributed by atoms with Crippen LogP contribution >= 0.6 is 58.0 Å². The Morgan fingerprint density at radius 1 is 0.727 bits per heavy atom. The summed E-state index contributed by atoms with van der Waals surface area (Å²) in [6, 6.07) is 0. The zero-order valence-electron chi connectivity index (χ0n) is 4.52. The van der Waals surface area contributed by atoms with Crippen LogP contribution in [0.4, 0.5) is 13.2 Å². The zero-order chi connectivity index (χ0) is 9.50. The van der Waals surface area contributed by atoms with E-state index in [1.807, 2.05) is 0 Å². The monoisotopic (exact) mass is 268 g/mol. The van der Waals surface area contributed by atoms with Crippen LogP contribution in [0.1, 0.15) is 0 Å². The lowest BCUT2D eigenvalue weighted by Crippen LogP contribution is -2.45. The normalized spacial score (nSPS) is 19.6. The van der Waals surface area contributed by atoms with Gasteiger partial charge in [-0.15, -0.1) is 0 Å². The third-order valence-corrected chi connectivity index (χ3v) is 2.66. The van der Waals surface area contributed by atoms with Crippen LogP contribution < -0.4 is 0 Å². The molecule has 0 aliphatic heterocycles. The maximum atomic E-state index is 12.6. The van der Waals surface area contributed by atoms with Gasteiger partial charge in [-0.1, -0.05) is 46.4 Å². The number of hydrogen-bond acceptors (Lipinski definition) is 0. The minimum absolute atomic E-state index is 2.99. The van der Waals surface area contributed by atoms with Gasteiger partial charge in [0.25, 0.3) is 0 Å². The highest BCUT2D eigenvalue weighted by Crippen LogP contribution is 2.53. The van der Waals surface area contributed by atoms with Gasteiger partial charge in [-0.05, 0) is 11.6 Å². The summed E-state index contributed by atoms with van der Waals surface area (Å²) in [5.74, 6) is 0. The van der Waals surface area contributed by atoms with Gasteiger partial charge in [-0.25, -0.2) is 4.39 Å². The number of rotatable bonds is 1. The molecule has 0 saturated heterocycles. The minimum Gasteiger partial charge on any atom is -0.213 e.